The number of thiophene rings is 1. The second kappa shape index (κ2) is 10.3. The number of benzene rings is 2. The fourth-order valence-corrected chi connectivity index (χ4v) is 4.33. The standard InChI is InChI=1S/C21H18ClN3O4S2/c1-2-29-20(26)16-12-15(10-13-6-4-3-5-7-13)31-19(16)24-21(30)23-14-8-9-17(22)18(11-14)25(27)28/h3-9,11-12H,2,10H2,1H3,(H2,23,24,30). The maximum atomic E-state index is 12.4. The highest BCUT2D eigenvalue weighted by molar-refractivity contribution is 7.80. The molecule has 0 saturated carbocycles. The van der Waals surface area contributed by atoms with Gasteiger partial charge in [-0.2, -0.15) is 0 Å². The van der Waals surface area contributed by atoms with E-state index in [2.05, 4.69) is 10.6 Å². The quantitative estimate of drug-likeness (QED) is 0.190. The second-order valence-electron chi connectivity index (χ2n) is 6.34. The molecule has 10 heteroatoms. The van der Waals surface area contributed by atoms with Crippen LogP contribution in [0.3, 0.4) is 0 Å². The van der Waals surface area contributed by atoms with E-state index in [-0.39, 0.29) is 22.4 Å². The number of ether oxygens (including phenoxy) is 1. The molecule has 3 rings (SSSR count). The van der Waals surface area contributed by atoms with Crippen molar-refractivity contribution in [1.82, 2.24) is 0 Å². The van der Waals surface area contributed by atoms with E-state index in [0.29, 0.717) is 22.7 Å². The first kappa shape index (κ1) is 22.7. The molecule has 0 saturated heterocycles. The SMILES string of the molecule is CCOC(=O)c1cc(Cc2ccccc2)sc1NC(=S)Nc1ccc(Cl)c([N+](=O)[O-])c1. The maximum absolute atomic E-state index is 12.4. The van der Waals surface area contributed by atoms with Crippen LogP contribution in [-0.4, -0.2) is 22.6 Å². The molecular formula is C21H18ClN3O4S2. The highest BCUT2D eigenvalue weighted by Gasteiger charge is 2.19. The lowest BCUT2D eigenvalue weighted by Crippen LogP contribution is -2.20. The van der Waals surface area contributed by atoms with Gasteiger partial charge in [-0.15, -0.1) is 11.3 Å². The van der Waals surface area contributed by atoms with E-state index < -0.39 is 10.9 Å². The largest absolute Gasteiger partial charge is 0.462 e. The van der Waals surface area contributed by atoms with E-state index in [0.717, 1.165) is 10.4 Å². The van der Waals surface area contributed by atoms with Crippen molar-refractivity contribution in [1.29, 1.82) is 0 Å². The van der Waals surface area contributed by atoms with Crippen molar-refractivity contribution in [2.45, 2.75) is 13.3 Å². The van der Waals surface area contributed by atoms with E-state index in [1.165, 1.54) is 23.5 Å². The molecule has 2 N–H and O–H groups in total. The summed E-state index contributed by atoms with van der Waals surface area (Å²) in [6.07, 6.45) is 0.656. The van der Waals surface area contributed by atoms with Crippen LogP contribution in [-0.2, 0) is 11.2 Å². The van der Waals surface area contributed by atoms with Gasteiger partial charge in [0.15, 0.2) is 5.11 Å². The Bertz CT molecular complexity index is 1120. The molecule has 160 valence electrons. The lowest BCUT2D eigenvalue weighted by molar-refractivity contribution is -0.384. The number of hydrogen-bond donors (Lipinski definition) is 2. The number of nitro groups is 1. The number of anilines is 2. The first-order chi connectivity index (χ1) is 14.9. The van der Waals surface area contributed by atoms with E-state index in [9.17, 15) is 14.9 Å². The van der Waals surface area contributed by atoms with Gasteiger partial charge in [0.2, 0.25) is 0 Å². The number of nitrogens with one attached hydrogen (secondary N) is 2. The summed E-state index contributed by atoms with van der Waals surface area (Å²) in [4.78, 5) is 23.9. The number of rotatable bonds is 7. The lowest BCUT2D eigenvalue weighted by atomic mass is 10.1. The summed E-state index contributed by atoms with van der Waals surface area (Å²) in [5.41, 5.74) is 1.65. The Balaban J connectivity index is 1.80. The number of carbonyl (C=O) groups is 1. The molecule has 0 aliphatic heterocycles. The first-order valence-corrected chi connectivity index (χ1v) is 10.8. The van der Waals surface area contributed by atoms with Crippen LogP contribution in [0, 0.1) is 10.1 Å². The Morgan fingerprint density at radius 1 is 1.19 bits per heavy atom. The van der Waals surface area contributed by atoms with Crippen LogP contribution in [0.4, 0.5) is 16.4 Å². The lowest BCUT2D eigenvalue weighted by Gasteiger charge is -2.11. The minimum absolute atomic E-state index is 0.0304. The topological polar surface area (TPSA) is 93.5 Å². The number of hydrogen-bond acceptors (Lipinski definition) is 6. The molecule has 31 heavy (non-hydrogen) atoms. The van der Waals surface area contributed by atoms with Crippen LogP contribution in [0.1, 0.15) is 27.7 Å². The minimum Gasteiger partial charge on any atom is -0.462 e. The van der Waals surface area contributed by atoms with Crippen LogP contribution in [0.5, 0.6) is 0 Å². The highest BCUT2D eigenvalue weighted by Crippen LogP contribution is 2.31. The van der Waals surface area contributed by atoms with Gasteiger partial charge >= 0.3 is 5.97 Å². The van der Waals surface area contributed by atoms with Crippen molar-refractivity contribution in [3.8, 4) is 0 Å². The van der Waals surface area contributed by atoms with Crippen molar-refractivity contribution in [3.63, 3.8) is 0 Å². The summed E-state index contributed by atoms with van der Waals surface area (Å²) in [5, 5.41) is 17.7. The molecule has 0 fully saturated rings. The summed E-state index contributed by atoms with van der Waals surface area (Å²) in [5.74, 6) is -0.453. The number of halogens is 1. The monoisotopic (exact) mass is 475 g/mol. The molecule has 3 aromatic rings. The normalized spacial score (nSPS) is 10.4. The molecule has 0 radical (unpaired) electrons. The molecule has 1 aromatic heterocycles. The van der Waals surface area contributed by atoms with Gasteiger partial charge in [-0.25, -0.2) is 4.79 Å². The van der Waals surface area contributed by atoms with Crippen molar-refractivity contribution in [3.05, 3.63) is 85.7 Å². The third kappa shape index (κ3) is 6.00. The summed E-state index contributed by atoms with van der Waals surface area (Å²) in [6, 6.07) is 15.9. The summed E-state index contributed by atoms with van der Waals surface area (Å²) < 4.78 is 5.16. The predicted molar refractivity (Wildman–Crippen MR) is 127 cm³/mol. The number of thiocarbonyl (C=S) groups is 1. The van der Waals surface area contributed by atoms with Crippen molar-refractivity contribution >= 4 is 62.6 Å². The van der Waals surface area contributed by atoms with Crippen LogP contribution in [0.25, 0.3) is 0 Å². The zero-order valence-corrected chi connectivity index (χ0v) is 18.8. The first-order valence-electron chi connectivity index (χ1n) is 9.23. The number of esters is 1. The van der Waals surface area contributed by atoms with Gasteiger partial charge in [0.1, 0.15) is 10.0 Å². The zero-order valence-electron chi connectivity index (χ0n) is 16.4. The molecule has 0 aliphatic rings. The van der Waals surface area contributed by atoms with Gasteiger partial charge in [-0.05, 0) is 42.9 Å². The molecule has 0 unspecified atom stereocenters. The van der Waals surface area contributed by atoms with E-state index in [1.54, 1.807) is 19.1 Å². The molecule has 0 atom stereocenters. The number of nitro benzene ring substituents is 1. The average molecular weight is 476 g/mol. The fourth-order valence-electron chi connectivity index (χ4n) is 2.78. The molecule has 0 aliphatic carbocycles. The average Bonchev–Trinajstić information content (AvgIpc) is 3.12. The number of carbonyl (C=O) groups excluding carboxylic acids is 1. The summed E-state index contributed by atoms with van der Waals surface area (Å²) in [7, 11) is 0. The van der Waals surface area contributed by atoms with Gasteiger partial charge in [-0.3, -0.25) is 10.1 Å². The molecule has 0 bridgehead atoms. The predicted octanol–water partition coefficient (Wildman–Crippen LogP) is 5.89. The minimum atomic E-state index is -0.571. The van der Waals surface area contributed by atoms with Crippen LogP contribution >= 0.6 is 35.2 Å². The van der Waals surface area contributed by atoms with Crippen LogP contribution in [0.2, 0.25) is 5.02 Å². The Labute approximate surface area is 193 Å². The van der Waals surface area contributed by atoms with Crippen LogP contribution in [0.15, 0.2) is 54.6 Å². The van der Waals surface area contributed by atoms with Crippen molar-refractivity contribution in [2.75, 3.05) is 17.2 Å². The van der Waals surface area contributed by atoms with E-state index in [4.69, 9.17) is 28.6 Å². The molecule has 1 heterocycles. The smallest absolute Gasteiger partial charge is 0.341 e. The van der Waals surface area contributed by atoms with Gasteiger partial charge < -0.3 is 15.4 Å². The third-order valence-corrected chi connectivity index (χ3v) is 5.70. The Kier molecular flexibility index (Phi) is 7.56. The molecule has 7 nitrogen and oxygen atoms in total. The Morgan fingerprint density at radius 2 is 1.94 bits per heavy atom. The molecule has 2 aromatic carbocycles. The second-order valence-corrected chi connectivity index (χ2v) is 8.29. The fraction of sp³-hybridized carbons (Fsp3) is 0.143. The molecular weight excluding hydrogens is 458 g/mol. The highest BCUT2D eigenvalue weighted by atomic mass is 35.5. The van der Waals surface area contributed by atoms with Gasteiger partial charge in [-0.1, -0.05) is 41.9 Å². The van der Waals surface area contributed by atoms with E-state index >= 15 is 0 Å². The number of nitrogens with zero attached hydrogens (tertiary/aromatic N) is 1. The Morgan fingerprint density at radius 3 is 2.61 bits per heavy atom. The zero-order chi connectivity index (χ0) is 22.4. The maximum Gasteiger partial charge on any atom is 0.341 e. The van der Waals surface area contributed by atoms with Gasteiger partial charge in [0.05, 0.1) is 17.1 Å². The van der Waals surface area contributed by atoms with Crippen molar-refractivity contribution in [2.24, 2.45) is 0 Å². The van der Waals surface area contributed by atoms with Gasteiger partial charge in [0, 0.05) is 23.1 Å². The molecule has 0 amide bonds. The third-order valence-electron chi connectivity index (χ3n) is 4.13. The van der Waals surface area contributed by atoms with Crippen molar-refractivity contribution < 1.29 is 14.5 Å². The van der Waals surface area contributed by atoms with Crippen LogP contribution < -0.4 is 10.6 Å². The van der Waals surface area contributed by atoms with E-state index in [1.807, 2.05) is 30.3 Å². The summed E-state index contributed by atoms with van der Waals surface area (Å²) in [6.45, 7) is 1.99. The molecule has 0 spiro atoms. The Hall–Kier alpha value is -3.01. The summed E-state index contributed by atoms with van der Waals surface area (Å²) >= 11 is 12.6. The van der Waals surface area contributed by atoms with Gasteiger partial charge in [0.25, 0.3) is 5.69 Å².